The zero-order valence-corrected chi connectivity index (χ0v) is 18.8. The molecule has 0 radical (unpaired) electrons. The summed E-state index contributed by atoms with van der Waals surface area (Å²) in [6.07, 6.45) is -0.571. The lowest BCUT2D eigenvalue weighted by Gasteiger charge is -2.14. The molecule has 0 fully saturated rings. The van der Waals surface area contributed by atoms with E-state index in [-0.39, 0.29) is 23.2 Å². The Kier molecular flexibility index (Phi) is 7.78. The van der Waals surface area contributed by atoms with Gasteiger partial charge < -0.3 is 19.5 Å². The number of esters is 1. The summed E-state index contributed by atoms with van der Waals surface area (Å²) in [6, 6.07) is 11.0. The number of hydrogen-bond acceptors (Lipinski definition) is 7. The van der Waals surface area contributed by atoms with Crippen molar-refractivity contribution in [1.82, 2.24) is 4.90 Å². The van der Waals surface area contributed by atoms with Crippen LogP contribution in [0.5, 0.6) is 5.75 Å². The smallest absolute Gasteiger partial charge is 0.338 e. The van der Waals surface area contributed by atoms with Crippen LogP contribution >= 0.6 is 0 Å². The van der Waals surface area contributed by atoms with Gasteiger partial charge in [0.15, 0.2) is 6.10 Å². The third kappa shape index (κ3) is 5.56. The summed E-state index contributed by atoms with van der Waals surface area (Å²) in [5.74, 6) is -1.48. The fourth-order valence-electron chi connectivity index (χ4n) is 3.31. The lowest BCUT2D eigenvalue weighted by Crippen LogP contribution is -2.31. The lowest BCUT2D eigenvalue weighted by atomic mass is 10.1. The zero-order chi connectivity index (χ0) is 24.0. The second kappa shape index (κ2) is 10.7. The molecule has 2 aromatic carbocycles. The van der Waals surface area contributed by atoms with Crippen LogP contribution in [0.25, 0.3) is 0 Å². The topological polar surface area (TPSA) is 111 Å². The maximum atomic E-state index is 12.6. The summed E-state index contributed by atoms with van der Waals surface area (Å²) < 4.78 is 15.6. The molecule has 0 saturated carbocycles. The second-order valence-corrected chi connectivity index (χ2v) is 7.36. The van der Waals surface area contributed by atoms with Crippen molar-refractivity contribution in [2.24, 2.45) is 0 Å². The standard InChI is InChI=1S/C24H26N2O7/c1-4-32-18-9-7-17(8-10-18)25-21(27)15(2)33-24(30)16-6-11-19-20(14-16)23(29)26(22(19)28)12-5-13-31-3/h6-11,14-15H,4-5,12-13H2,1-3H3,(H,25,27). The van der Waals surface area contributed by atoms with Crippen molar-refractivity contribution in [3.8, 4) is 5.75 Å². The molecule has 1 unspecified atom stereocenters. The minimum atomic E-state index is -1.08. The summed E-state index contributed by atoms with van der Waals surface area (Å²) in [5, 5.41) is 2.67. The molecular weight excluding hydrogens is 428 g/mol. The van der Waals surface area contributed by atoms with Crippen molar-refractivity contribution in [3.63, 3.8) is 0 Å². The van der Waals surface area contributed by atoms with E-state index in [9.17, 15) is 19.2 Å². The normalized spacial score (nSPS) is 13.5. The first kappa shape index (κ1) is 23.9. The Hall–Kier alpha value is -3.72. The van der Waals surface area contributed by atoms with Gasteiger partial charge in [-0.3, -0.25) is 19.3 Å². The van der Waals surface area contributed by atoms with Gasteiger partial charge in [-0.2, -0.15) is 0 Å². The Labute approximate surface area is 191 Å². The van der Waals surface area contributed by atoms with Crippen LogP contribution in [-0.4, -0.2) is 61.6 Å². The molecule has 9 nitrogen and oxygen atoms in total. The summed E-state index contributed by atoms with van der Waals surface area (Å²) in [5.41, 5.74) is 0.976. The van der Waals surface area contributed by atoms with Crippen molar-refractivity contribution in [3.05, 3.63) is 59.2 Å². The minimum absolute atomic E-state index is 0.0781. The molecule has 0 spiro atoms. The highest BCUT2D eigenvalue weighted by molar-refractivity contribution is 6.22. The Bertz CT molecular complexity index is 1050. The van der Waals surface area contributed by atoms with E-state index in [1.165, 1.54) is 25.1 Å². The maximum absolute atomic E-state index is 12.6. The number of amides is 3. The Morgan fingerprint density at radius 2 is 1.73 bits per heavy atom. The highest BCUT2D eigenvalue weighted by atomic mass is 16.5. The number of nitrogens with zero attached hydrogens (tertiary/aromatic N) is 1. The third-order valence-corrected chi connectivity index (χ3v) is 5.02. The minimum Gasteiger partial charge on any atom is -0.494 e. The van der Waals surface area contributed by atoms with Crippen LogP contribution in [0.4, 0.5) is 5.69 Å². The van der Waals surface area contributed by atoms with Gasteiger partial charge in [0.1, 0.15) is 5.75 Å². The van der Waals surface area contributed by atoms with Crippen LogP contribution in [0.1, 0.15) is 51.3 Å². The molecule has 0 saturated heterocycles. The summed E-state index contributed by atoms with van der Waals surface area (Å²) in [7, 11) is 1.54. The van der Waals surface area contributed by atoms with Crippen LogP contribution in [-0.2, 0) is 14.3 Å². The number of ether oxygens (including phenoxy) is 3. The van der Waals surface area contributed by atoms with Gasteiger partial charge in [-0.25, -0.2) is 4.79 Å². The number of imide groups is 1. The molecule has 174 valence electrons. The van der Waals surface area contributed by atoms with Crippen molar-refractivity contribution in [2.75, 3.05) is 32.2 Å². The van der Waals surface area contributed by atoms with Gasteiger partial charge in [0.25, 0.3) is 17.7 Å². The van der Waals surface area contributed by atoms with E-state index in [2.05, 4.69) is 5.32 Å². The van der Waals surface area contributed by atoms with Gasteiger partial charge in [-0.15, -0.1) is 0 Å². The molecule has 0 aliphatic carbocycles. The predicted molar refractivity (Wildman–Crippen MR) is 119 cm³/mol. The van der Waals surface area contributed by atoms with E-state index in [1.807, 2.05) is 6.92 Å². The van der Waals surface area contributed by atoms with Gasteiger partial charge in [-0.05, 0) is 62.7 Å². The van der Waals surface area contributed by atoms with E-state index in [0.29, 0.717) is 31.1 Å². The fraction of sp³-hybridized carbons (Fsp3) is 0.333. The molecular formula is C24H26N2O7. The first-order valence-electron chi connectivity index (χ1n) is 10.6. The van der Waals surface area contributed by atoms with E-state index in [1.54, 1.807) is 31.4 Å². The lowest BCUT2D eigenvalue weighted by molar-refractivity contribution is -0.123. The summed E-state index contributed by atoms with van der Waals surface area (Å²) >= 11 is 0. The van der Waals surface area contributed by atoms with E-state index < -0.39 is 29.8 Å². The molecule has 1 aliphatic rings. The largest absolute Gasteiger partial charge is 0.494 e. The van der Waals surface area contributed by atoms with Crippen LogP contribution < -0.4 is 10.1 Å². The Morgan fingerprint density at radius 1 is 1.03 bits per heavy atom. The number of carbonyl (C=O) groups is 4. The number of hydrogen-bond donors (Lipinski definition) is 1. The van der Waals surface area contributed by atoms with Crippen LogP contribution in [0.15, 0.2) is 42.5 Å². The molecule has 1 N–H and O–H groups in total. The number of anilines is 1. The number of nitrogens with one attached hydrogen (secondary N) is 1. The van der Waals surface area contributed by atoms with Crippen molar-refractivity contribution in [2.45, 2.75) is 26.4 Å². The summed E-state index contributed by atoms with van der Waals surface area (Å²) in [6.45, 7) is 4.50. The molecule has 1 aliphatic heterocycles. The first-order valence-corrected chi connectivity index (χ1v) is 10.6. The molecule has 9 heteroatoms. The third-order valence-electron chi connectivity index (χ3n) is 5.02. The Morgan fingerprint density at radius 3 is 2.39 bits per heavy atom. The van der Waals surface area contributed by atoms with E-state index >= 15 is 0 Å². The highest BCUT2D eigenvalue weighted by Crippen LogP contribution is 2.25. The fourth-order valence-corrected chi connectivity index (χ4v) is 3.31. The Balaban J connectivity index is 1.62. The zero-order valence-electron chi connectivity index (χ0n) is 18.8. The second-order valence-electron chi connectivity index (χ2n) is 7.36. The number of fused-ring (bicyclic) bond motifs is 1. The molecule has 2 aromatic rings. The average molecular weight is 454 g/mol. The molecule has 3 amide bonds. The molecule has 0 aromatic heterocycles. The van der Waals surface area contributed by atoms with Crippen LogP contribution in [0, 0.1) is 0 Å². The monoisotopic (exact) mass is 454 g/mol. The molecule has 33 heavy (non-hydrogen) atoms. The molecule has 0 bridgehead atoms. The van der Waals surface area contributed by atoms with Gasteiger partial charge in [0, 0.05) is 25.9 Å². The van der Waals surface area contributed by atoms with Crippen molar-refractivity contribution in [1.29, 1.82) is 0 Å². The summed E-state index contributed by atoms with van der Waals surface area (Å²) in [4.78, 5) is 51.2. The van der Waals surface area contributed by atoms with E-state index in [4.69, 9.17) is 14.2 Å². The van der Waals surface area contributed by atoms with Crippen LogP contribution in [0.2, 0.25) is 0 Å². The highest BCUT2D eigenvalue weighted by Gasteiger charge is 2.35. The van der Waals surface area contributed by atoms with Crippen molar-refractivity contribution >= 4 is 29.4 Å². The van der Waals surface area contributed by atoms with Gasteiger partial charge in [0.2, 0.25) is 0 Å². The first-order chi connectivity index (χ1) is 15.8. The number of rotatable bonds is 10. The van der Waals surface area contributed by atoms with Crippen molar-refractivity contribution < 1.29 is 33.4 Å². The number of carbonyl (C=O) groups excluding carboxylic acids is 4. The van der Waals surface area contributed by atoms with Crippen LogP contribution in [0.3, 0.4) is 0 Å². The molecule has 3 rings (SSSR count). The molecule has 1 atom stereocenters. The van der Waals surface area contributed by atoms with Gasteiger partial charge in [0.05, 0.1) is 23.3 Å². The van der Waals surface area contributed by atoms with Gasteiger partial charge >= 0.3 is 5.97 Å². The quantitative estimate of drug-likeness (QED) is 0.334. The maximum Gasteiger partial charge on any atom is 0.338 e. The SMILES string of the molecule is CCOc1ccc(NC(=O)C(C)OC(=O)c2ccc3c(c2)C(=O)N(CCCOC)C3=O)cc1. The average Bonchev–Trinajstić information content (AvgIpc) is 3.05. The van der Waals surface area contributed by atoms with E-state index in [0.717, 1.165) is 4.90 Å². The molecule has 1 heterocycles. The van der Waals surface area contributed by atoms with Gasteiger partial charge in [-0.1, -0.05) is 0 Å². The number of methoxy groups -OCH3 is 1. The number of benzene rings is 2. The predicted octanol–water partition coefficient (Wildman–Crippen LogP) is 2.90.